The summed E-state index contributed by atoms with van der Waals surface area (Å²) in [6.45, 7) is 0.782. The minimum absolute atomic E-state index is 0.0460. The molecule has 2 aliphatic heterocycles. The average molecular weight is 266 g/mol. The Hall–Kier alpha value is -0.870. The normalized spacial score (nSPS) is 31.7. The van der Waals surface area contributed by atoms with Crippen molar-refractivity contribution < 1.29 is 14.6 Å². The number of hydrogen-bond acceptors (Lipinski definition) is 4. The van der Waals surface area contributed by atoms with Crippen molar-refractivity contribution in [2.24, 2.45) is 0 Å². The zero-order valence-electron chi connectivity index (χ0n) is 10.3. The van der Waals surface area contributed by atoms with Gasteiger partial charge in [0.05, 0.1) is 12.2 Å². The SMILES string of the molecule is Oc1cccc(OC2CCOC3(CCSC3)C2)c1. The smallest absolute Gasteiger partial charge is 0.123 e. The largest absolute Gasteiger partial charge is 0.508 e. The van der Waals surface area contributed by atoms with Crippen LogP contribution in [0.5, 0.6) is 11.5 Å². The Morgan fingerprint density at radius 3 is 3.17 bits per heavy atom. The van der Waals surface area contributed by atoms with Crippen molar-refractivity contribution in [2.45, 2.75) is 31.0 Å². The van der Waals surface area contributed by atoms with Gasteiger partial charge in [0.15, 0.2) is 0 Å². The van der Waals surface area contributed by atoms with Crippen LogP contribution in [0.15, 0.2) is 24.3 Å². The van der Waals surface area contributed by atoms with Gasteiger partial charge in [0.25, 0.3) is 0 Å². The summed E-state index contributed by atoms with van der Waals surface area (Å²) in [6.07, 6.45) is 3.24. The predicted octanol–water partition coefficient (Wildman–Crippen LogP) is 2.83. The monoisotopic (exact) mass is 266 g/mol. The molecule has 2 aliphatic rings. The minimum atomic E-state index is 0.0460. The number of aromatic hydroxyl groups is 1. The van der Waals surface area contributed by atoms with E-state index in [-0.39, 0.29) is 17.5 Å². The molecule has 3 rings (SSSR count). The molecule has 0 aliphatic carbocycles. The van der Waals surface area contributed by atoms with Gasteiger partial charge in [-0.15, -0.1) is 0 Å². The molecule has 1 aromatic carbocycles. The fourth-order valence-corrected chi connectivity index (χ4v) is 4.07. The molecule has 1 spiro atoms. The zero-order valence-corrected chi connectivity index (χ0v) is 11.1. The molecule has 1 N–H and O–H groups in total. The van der Waals surface area contributed by atoms with Crippen molar-refractivity contribution in [2.75, 3.05) is 18.1 Å². The van der Waals surface area contributed by atoms with Crippen molar-refractivity contribution in [1.29, 1.82) is 0 Å². The van der Waals surface area contributed by atoms with Gasteiger partial charge in [0.2, 0.25) is 0 Å². The summed E-state index contributed by atoms with van der Waals surface area (Å²) < 4.78 is 11.9. The van der Waals surface area contributed by atoms with Gasteiger partial charge in [-0.05, 0) is 24.3 Å². The summed E-state index contributed by atoms with van der Waals surface area (Å²) in [5, 5.41) is 9.44. The topological polar surface area (TPSA) is 38.7 Å². The number of thioether (sulfide) groups is 1. The highest BCUT2D eigenvalue weighted by atomic mass is 32.2. The number of ether oxygens (including phenoxy) is 2. The number of benzene rings is 1. The molecule has 1 aromatic rings. The quantitative estimate of drug-likeness (QED) is 0.893. The van der Waals surface area contributed by atoms with Crippen LogP contribution >= 0.6 is 11.8 Å². The third-order valence-corrected chi connectivity index (χ3v) is 4.86. The summed E-state index contributed by atoms with van der Waals surface area (Å²) >= 11 is 1.97. The third kappa shape index (κ3) is 2.59. The molecule has 0 amide bonds. The number of rotatable bonds is 2. The first-order valence-corrected chi connectivity index (χ1v) is 7.59. The van der Waals surface area contributed by atoms with Crippen LogP contribution in [-0.4, -0.2) is 34.9 Å². The van der Waals surface area contributed by atoms with Crippen LogP contribution in [0.3, 0.4) is 0 Å². The summed E-state index contributed by atoms with van der Waals surface area (Å²) in [7, 11) is 0. The second-order valence-corrected chi connectivity index (χ2v) is 6.17. The van der Waals surface area contributed by atoms with Crippen LogP contribution in [-0.2, 0) is 4.74 Å². The Bertz CT molecular complexity index is 415. The number of phenols is 1. The molecule has 0 radical (unpaired) electrons. The van der Waals surface area contributed by atoms with Gasteiger partial charge in [-0.1, -0.05) is 6.07 Å². The van der Waals surface area contributed by atoms with E-state index in [0.29, 0.717) is 0 Å². The predicted molar refractivity (Wildman–Crippen MR) is 72.4 cm³/mol. The Labute approximate surface area is 111 Å². The van der Waals surface area contributed by atoms with Crippen molar-refractivity contribution in [1.82, 2.24) is 0 Å². The molecule has 0 aromatic heterocycles. The van der Waals surface area contributed by atoms with Crippen LogP contribution in [0.4, 0.5) is 0 Å². The molecule has 2 atom stereocenters. The molecule has 98 valence electrons. The van der Waals surface area contributed by atoms with Crippen LogP contribution in [0.2, 0.25) is 0 Å². The van der Waals surface area contributed by atoms with E-state index in [9.17, 15) is 5.11 Å². The Morgan fingerprint density at radius 1 is 1.44 bits per heavy atom. The first-order valence-electron chi connectivity index (χ1n) is 6.43. The summed E-state index contributed by atoms with van der Waals surface area (Å²) in [5.74, 6) is 3.29. The molecule has 18 heavy (non-hydrogen) atoms. The highest BCUT2D eigenvalue weighted by Gasteiger charge is 2.41. The minimum Gasteiger partial charge on any atom is -0.508 e. The molecule has 2 unspecified atom stereocenters. The number of phenolic OH excluding ortho intramolecular Hbond substituents is 1. The molecule has 2 heterocycles. The summed E-state index contributed by atoms with van der Waals surface area (Å²) in [4.78, 5) is 0. The zero-order chi connectivity index (χ0) is 12.4. The van der Waals surface area contributed by atoms with E-state index in [2.05, 4.69) is 0 Å². The lowest BCUT2D eigenvalue weighted by molar-refractivity contribution is -0.0959. The van der Waals surface area contributed by atoms with Crippen molar-refractivity contribution in [3.63, 3.8) is 0 Å². The molecule has 2 fully saturated rings. The van der Waals surface area contributed by atoms with Gasteiger partial charge in [0, 0.05) is 24.7 Å². The lowest BCUT2D eigenvalue weighted by atomic mass is 9.91. The highest BCUT2D eigenvalue weighted by Crippen LogP contribution is 2.39. The van der Waals surface area contributed by atoms with Crippen molar-refractivity contribution in [3.8, 4) is 11.5 Å². The van der Waals surface area contributed by atoms with E-state index in [0.717, 1.165) is 37.4 Å². The molecule has 2 saturated heterocycles. The maximum Gasteiger partial charge on any atom is 0.123 e. The molecular weight excluding hydrogens is 248 g/mol. The standard InChI is InChI=1S/C14H18O3S/c15-11-2-1-3-12(8-11)17-13-4-6-16-14(9-13)5-7-18-10-14/h1-3,8,13,15H,4-7,9-10H2. The van der Waals surface area contributed by atoms with Gasteiger partial charge in [0.1, 0.15) is 17.6 Å². The van der Waals surface area contributed by atoms with Crippen LogP contribution in [0.25, 0.3) is 0 Å². The van der Waals surface area contributed by atoms with Crippen LogP contribution < -0.4 is 4.74 Å². The van der Waals surface area contributed by atoms with Crippen molar-refractivity contribution >= 4 is 11.8 Å². The second kappa shape index (κ2) is 5.02. The summed E-state index contributed by atoms with van der Waals surface area (Å²) in [6, 6.07) is 7.04. The first-order chi connectivity index (χ1) is 8.76. The van der Waals surface area contributed by atoms with Crippen molar-refractivity contribution in [3.05, 3.63) is 24.3 Å². The van der Waals surface area contributed by atoms with E-state index in [1.54, 1.807) is 12.1 Å². The highest BCUT2D eigenvalue weighted by molar-refractivity contribution is 7.99. The van der Waals surface area contributed by atoms with Gasteiger partial charge >= 0.3 is 0 Å². The fraction of sp³-hybridized carbons (Fsp3) is 0.571. The molecular formula is C14H18O3S. The Morgan fingerprint density at radius 2 is 2.39 bits per heavy atom. The van der Waals surface area contributed by atoms with E-state index in [1.165, 1.54) is 5.75 Å². The van der Waals surface area contributed by atoms with E-state index in [4.69, 9.17) is 9.47 Å². The average Bonchev–Trinajstić information content (AvgIpc) is 2.77. The Kier molecular flexibility index (Phi) is 3.39. The maximum atomic E-state index is 9.44. The molecule has 0 bridgehead atoms. The van der Waals surface area contributed by atoms with Gasteiger partial charge in [-0.2, -0.15) is 11.8 Å². The van der Waals surface area contributed by atoms with Crippen LogP contribution in [0.1, 0.15) is 19.3 Å². The lowest BCUT2D eigenvalue weighted by Crippen LogP contribution is -2.43. The number of hydrogen-bond donors (Lipinski definition) is 1. The van der Waals surface area contributed by atoms with E-state index in [1.807, 2.05) is 23.9 Å². The summed E-state index contributed by atoms with van der Waals surface area (Å²) in [5.41, 5.74) is 0.0460. The molecule has 3 nitrogen and oxygen atoms in total. The van der Waals surface area contributed by atoms with Gasteiger partial charge < -0.3 is 14.6 Å². The first kappa shape index (κ1) is 12.2. The third-order valence-electron chi connectivity index (χ3n) is 3.64. The maximum absolute atomic E-state index is 9.44. The van der Waals surface area contributed by atoms with Crippen LogP contribution in [0, 0.1) is 0 Å². The Balaban J connectivity index is 1.66. The molecule has 4 heteroatoms. The molecule has 0 saturated carbocycles. The van der Waals surface area contributed by atoms with Gasteiger partial charge in [-0.25, -0.2) is 0 Å². The fourth-order valence-electron chi connectivity index (χ4n) is 2.70. The van der Waals surface area contributed by atoms with Gasteiger partial charge in [-0.3, -0.25) is 0 Å². The van der Waals surface area contributed by atoms with E-state index >= 15 is 0 Å². The van der Waals surface area contributed by atoms with E-state index < -0.39 is 0 Å². The second-order valence-electron chi connectivity index (χ2n) is 5.06. The lowest BCUT2D eigenvalue weighted by Gasteiger charge is -2.37.